The summed E-state index contributed by atoms with van der Waals surface area (Å²) >= 11 is 0. The van der Waals surface area contributed by atoms with Crippen LogP contribution in [0.3, 0.4) is 0 Å². The molecule has 14 heavy (non-hydrogen) atoms. The summed E-state index contributed by atoms with van der Waals surface area (Å²) in [4.78, 5) is 0. The maximum atomic E-state index is 11.8. The molecule has 1 atom stereocenters. The summed E-state index contributed by atoms with van der Waals surface area (Å²) < 4.78 is 25.0. The molecule has 0 aromatic rings. The Kier molecular flexibility index (Phi) is 3.23. The van der Waals surface area contributed by atoms with Gasteiger partial charge in [0.15, 0.2) is 0 Å². The van der Waals surface area contributed by atoms with Crippen molar-refractivity contribution < 1.29 is 13.5 Å². The van der Waals surface area contributed by atoms with Crippen molar-refractivity contribution in [3.05, 3.63) is 0 Å². The average molecular weight is 221 g/mol. The third-order valence-electron chi connectivity index (χ3n) is 2.13. The predicted octanol–water partition coefficient (Wildman–Crippen LogP) is 0.429. The molecule has 5 heteroatoms. The third-order valence-corrected chi connectivity index (χ3v) is 4.48. The van der Waals surface area contributed by atoms with E-state index >= 15 is 0 Å². The van der Waals surface area contributed by atoms with Gasteiger partial charge in [-0.15, -0.1) is 0 Å². The summed E-state index contributed by atoms with van der Waals surface area (Å²) in [7, 11) is -3.18. The molecular weight excluding hydrogens is 202 g/mol. The van der Waals surface area contributed by atoms with Gasteiger partial charge in [-0.2, -0.15) is 4.31 Å². The zero-order chi connectivity index (χ0) is 11.0. The summed E-state index contributed by atoms with van der Waals surface area (Å²) in [5.41, 5.74) is -0.230. The number of rotatable bonds is 2. The highest BCUT2D eigenvalue weighted by Crippen LogP contribution is 2.21. The number of hydrogen-bond donors (Lipinski definition) is 1. The molecule has 84 valence electrons. The number of sulfonamides is 1. The largest absolute Gasteiger partial charge is 0.392 e. The van der Waals surface area contributed by atoms with Gasteiger partial charge in [0.2, 0.25) is 10.0 Å². The van der Waals surface area contributed by atoms with Crippen LogP contribution in [0.2, 0.25) is 0 Å². The van der Waals surface area contributed by atoms with Crippen LogP contribution in [0.15, 0.2) is 0 Å². The summed E-state index contributed by atoms with van der Waals surface area (Å²) in [6.45, 7) is 6.42. The molecule has 0 radical (unpaired) electrons. The van der Waals surface area contributed by atoms with Crippen LogP contribution < -0.4 is 0 Å². The first-order valence-electron chi connectivity index (χ1n) is 4.87. The second-order valence-electron chi connectivity index (χ2n) is 5.12. The second kappa shape index (κ2) is 3.79. The van der Waals surface area contributed by atoms with Crippen LogP contribution in [0.1, 0.15) is 27.2 Å². The van der Waals surface area contributed by atoms with E-state index in [1.165, 1.54) is 4.31 Å². The molecule has 0 aromatic heterocycles. The molecule has 1 aliphatic heterocycles. The Hall–Kier alpha value is -0.130. The molecule has 4 nitrogen and oxygen atoms in total. The second-order valence-corrected chi connectivity index (χ2v) is 7.09. The van der Waals surface area contributed by atoms with Crippen LogP contribution in [0, 0.1) is 5.41 Å². The van der Waals surface area contributed by atoms with Crippen molar-refractivity contribution in [2.75, 3.05) is 18.8 Å². The number of β-amino-alcohol motifs (C(OH)–C–C–N with tert-alkyl or cyclic N) is 1. The SMILES string of the molecule is CC(C)(C)CS(=O)(=O)N1CC[C@H](O)C1. The molecule has 1 rings (SSSR count). The summed E-state index contributed by atoms with van der Waals surface area (Å²) in [5, 5.41) is 9.26. The molecule has 1 N–H and O–H groups in total. The zero-order valence-electron chi connectivity index (χ0n) is 9.02. The minimum atomic E-state index is -3.18. The molecule has 0 aliphatic carbocycles. The molecule has 1 heterocycles. The molecule has 0 aromatic carbocycles. The molecule has 0 unspecified atom stereocenters. The lowest BCUT2D eigenvalue weighted by Gasteiger charge is -2.23. The van der Waals surface area contributed by atoms with E-state index in [9.17, 15) is 13.5 Å². The van der Waals surface area contributed by atoms with Crippen LogP contribution in [0.5, 0.6) is 0 Å². The number of nitrogens with zero attached hydrogens (tertiary/aromatic N) is 1. The van der Waals surface area contributed by atoms with Crippen molar-refractivity contribution >= 4 is 10.0 Å². The topological polar surface area (TPSA) is 57.6 Å². The van der Waals surface area contributed by atoms with Crippen LogP contribution in [-0.4, -0.2) is 42.8 Å². The van der Waals surface area contributed by atoms with E-state index in [2.05, 4.69) is 0 Å². The Morgan fingerprint density at radius 3 is 2.36 bits per heavy atom. The van der Waals surface area contributed by atoms with Gasteiger partial charge in [-0.1, -0.05) is 20.8 Å². The first-order valence-corrected chi connectivity index (χ1v) is 6.47. The molecule has 1 aliphatic rings. The fraction of sp³-hybridized carbons (Fsp3) is 1.00. The molecular formula is C9H19NO3S. The molecule has 0 spiro atoms. The van der Waals surface area contributed by atoms with Crippen molar-refractivity contribution in [1.82, 2.24) is 4.31 Å². The highest BCUT2D eigenvalue weighted by atomic mass is 32.2. The molecule has 0 amide bonds. The smallest absolute Gasteiger partial charge is 0.214 e. The Morgan fingerprint density at radius 1 is 1.43 bits per heavy atom. The quantitative estimate of drug-likeness (QED) is 0.735. The van der Waals surface area contributed by atoms with Crippen molar-refractivity contribution in [2.45, 2.75) is 33.3 Å². The van der Waals surface area contributed by atoms with Gasteiger partial charge in [-0.3, -0.25) is 0 Å². The predicted molar refractivity (Wildman–Crippen MR) is 55.4 cm³/mol. The van der Waals surface area contributed by atoms with E-state index in [0.717, 1.165) is 0 Å². The molecule has 0 bridgehead atoms. The van der Waals surface area contributed by atoms with Crippen LogP contribution in [-0.2, 0) is 10.0 Å². The Morgan fingerprint density at radius 2 is 2.00 bits per heavy atom. The van der Waals surface area contributed by atoms with Crippen molar-refractivity contribution in [3.63, 3.8) is 0 Å². The fourth-order valence-corrected chi connectivity index (χ4v) is 3.66. The van der Waals surface area contributed by atoms with E-state index < -0.39 is 16.1 Å². The van der Waals surface area contributed by atoms with Gasteiger partial charge in [-0.05, 0) is 11.8 Å². The van der Waals surface area contributed by atoms with Crippen LogP contribution in [0.25, 0.3) is 0 Å². The fourth-order valence-electron chi connectivity index (χ4n) is 1.60. The van der Waals surface area contributed by atoms with E-state index in [4.69, 9.17) is 0 Å². The van der Waals surface area contributed by atoms with E-state index in [1.54, 1.807) is 0 Å². The Bertz CT molecular complexity index is 292. The minimum Gasteiger partial charge on any atom is -0.392 e. The van der Waals surface area contributed by atoms with E-state index in [-0.39, 0.29) is 17.7 Å². The lowest BCUT2D eigenvalue weighted by atomic mass is 10.0. The first-order chi connectivity index (χ1) is 6.21. The lowest BCUT2D eigenvalue weighted by Crippen LogP contribution is -2.35. The molecule has 0 saturated carbocycles. The Balaban J connectivity index is 2.67. The van der Waals surface area contributed by atoms with Gasteiger partial charge >= 0.3 is 0 Å². The lowest BCUT2D eigenvalue weighted by molar-refractivity contribution is 0.189. The molecule has 1 fully saturated rings. The highest BCUT2D eigenvalue weighted by molar-refractivity contribution is 7.89. The summed E-state index contributed by atoms with van der Waals surface area (Å²) in [6, 6.07) is 0. The average Bonchev–Trinajstić information content (AvgIpc) is 2.29. The maximum absolute atomic E-state index is 11.8. The minimum absolute atomic E-state index is 0.146. The van der Waals surface area contributed by atoms with Gasteiger partial charge in [0.1, 0.15) is 0 Å². The van der Waals surface area contributed by atoms with Gasteiger partial charge in [-0.25, -0.2) is 8.42 Å². The van der Waals surface area contributed by atoms with Crippen LogP contribution >= 0.6 is 0 Å². The standard InChI is InChI=1S/C9H19NO3S/c1-9(2,3)7-14(12,13)10-5-4-8(11)6-10/h8,11H,4-7H2,1-3H3/t8-/m0/s1. The number of aliphatic hydroxyl groups is 1. The number of aliphatic hydroxyl groups excluding tert-OH is 1. The normalized spacial score (nSPS) is 25.6. The third kappa shape index (κ3) is 3.22. The van der Waals surface area contributed by atoms with Crippen molar-refractivity contribution in [3.8, 4) is 0 Å². The van der Waals surface area contributed by atoms with E-state index in [0.29, 0.717) is 13.0 Å². The van der Waals surface area contributed by atoms with Crippen molar-refractivity contribution in [1.29, 1.82) is 0 Å². The van der Waals surface area contributed by atoms with Crippen LogP contribution in [0.4, 0.5) is 0 Å². The first kappa shape index (κ1) is 11.9. The van der Waals surface area contributed by atoms with Gasteiger partial charge in [0.25, 0.3) is 0 Å². The van der Waals surface area contributed by atoms with Gasteiger partial charge in [0.05, 0.1) is 11.9 Å². The number of hydrogen-bond acceptors (Lipinski definition) is 3. The monoisotopic (exact) mass is 221 g/mol. The van der Waals surface area contributed by atoms with Crippen molar-refractivity contribution in [2.24, 2.45) is 5.41 Å². The zero-order valence-corrected chi connectivity index (χ0v) is 9.84. The Labute approximate surface area is 86.0 Å². The maximum Gasteiger partial charge on any atom is 0.214 e. The summed E-state index contributed by atoms with van der Waals surface area (Å²) in [6.07, 6.45) is 0.0772. The van der Waals surface area contributed by atoms with Gasteiger partial charge < -0.3 is 5.11 Å². The van der Waals surface area contributed by atoms with Gasteiger partial charge in [0, 0.05) is 13.1 Å². The highest BCUT2D eigenvalue weighted by Gasteiger charge is 2.33. The summed E-state index contributed by atoms with van der Waals surface area (Å²) in [5.74, 6) is 0.146. The van der Waals surface area contributed by atoms with E-state index in [1.807, 2.05) is 20.8 Å². The molecule has 1 saturated heterocycles.